The van der Waals surface area contributed by atoms with E-state index >= 15 is 0 Å². The van der Waals surface area contributed by atoms with E-state index in [0.717, 1.165) is 15.5 Å². The van der Waals surface area contributed by atoms with Crippen LogP contribution >= 0.6 is 31.9 Å². The second kappa shape index (κ2) is 6.91. The van der Waals surface area contributed by atoms with E-state index in [9.17, 15) is 5.11 Å². The molecule has 0 aliphatic heterocycles. The van der Waals surface area contributed by atoms with Crippen LogP contribution in [0.25, 0.3) is 0 Å². The lowest BCUT2D eigenvalue weighted by molar-refractivity contribution is 0.205. The van der Waals surface area contributed by atoms with Crippen LogP contribution in [-0.2, 0) is 6.54 Å². The highest BCUT2D eigenvalue weighted by molar-refractivity contribution is 9.10. The Hall–Kier alpha value is -0.890. The standard InChI is InChI=1S/C14H18Br2N4O/c1-19(2)5-6-20-13(11(16)8-18-20)14(21)10-7-9(15)3-4-12(10)17/h3-4,7-8,14,21H,5-6,17H2,1-2H3. The molecule has 21 heavy (non-hydrogen) atoms. The number of aromatic nitrogens is 2. The van der Waals surface area contributed by atoms with Crippen molar-refractivity contribution in [2.75, 3.05) is 26.4 Å². The van der Waals surface area contributed by atoms with Crippen LogP contribution in [0.1, 0.15) is 17.4 Å². The number of hydrogen-bond donors (Lipinski definition) is 2. The molecule has 0 saturated carbocycles. The molecule has 114 valence electrons. The van der Waals surface area contributed by atoms with Crippen molar-refractivity contribution in [3.8, 4) is 0 Å². The van der Waals surface area contributed by atoms with Gasteiger partial charge in [-0.15, -0.1) is 0 Å². The number of nitrogens with zero attached hydrogens (tertiary/aromatic N) is 3. The summed E-state index contributed by atoms with van der Waals surface area (Å²) in [6.45, 7) is 1.53. The van der Waals surface area contributed by atoms with Gasteiger partial charge in [-0.1, -0.05) is 15.9 Å². The maximum atomic E-state index is 10.7. The van der Waals surface area contributed by atoms with Gasteiger partial charge in [-0.3, -0.25) is 4.68 Å². The van der Waals surface area contributed by atoms with Gasteiger partial charge in [-0.25, -0.2) is 0 Å². The molecule has 1 aromatic carbocycles. The highest BCUT2D eigenvalue weighted by atomic mass is 79.9. The Labute approximate surface area is 141 Å². The van der Waals surface area contributed by atoms with Crippen LogP contribution in [0, 0.1) is 0 Å². The maximum absolute atomic E-state index is 10.7. The number of benzene rings is 1. The Morgan fingerprint density at radius 3 is 2.76 bits per heavy atom. The zero-order chi connectivity index (χ0) is 15.6. The zero-order valence-corrected chi connectivity index (χ0v) is 15.1. The highest BCUT2D eigenvalue weighted by Crippen LogP contribution is 2.33. The van der Waals surface area contributed by atoms with Crippen LogP contribution in [0.3, 0.4) is 0 Å². The summed E-state index contributed by atoms with van der Waals surface area (Å²) in [4.78, 5) is 2.07. The van der Waals surface area contributed by atoms with Crippen LogP contribution in [0.5, 0.6) is 0 Å². The summed E-state index contributed by atoms with van der Waals surface area (Å²) >= 11 is 6.86. The van der Waals surface area contributed by atoms with Gasteiger partial charge < -0.3 is 15.7 Å². The Bertz CT molecular complexity index is 627. The third-order valence-electron chi connectivity index (χ3n) is 3.19. The van der Waals surface area contributed by atoms with Gasteiger partial charge in [-0.2, -0.15) is 5.10 Å². The molecule has 1 unspecified atom stereocenters. The highest BCUT2D eigenvalue weighted by Gasteiger charge is 2.21. The van der Waals surface area contributed by atoms with Gasteiger partial charge >= 0.3 is 0 Å². The molecular weight excluding hydrogens is 400 g/mol. The Kier molecular flexibility index (Phi) is 5.43. The number of nitrogens with two attached hydrogens (primary N) is 1. The quantitative estimate of drug-likeness (QED) is 0.733. The number of aliphatic hydroxyl groups is 1. The van der Waals surface area contributed by atoms with Crippen molar-refractivity contribution >= 4 is 37.5 Å². The van der Waals surface area contributed by atoms with Crippen LogP contribution in [0.4, 0.5) is 5.69 Å². The van der Waals surface area contributed by atoms with E-state index in [1.54, 1.807) is 16.9 Å². The maximum Gasteiger partial charge on any atom is 0.124 e. The van der Waals surface area contributed by atoms with E-state index in [1.807, 2.05) is 26.2 Å². The molecule has 0 amide bonds. The van der Waals surface area contributed by atoms with Gasteiger partial charge in [0.1, 0.15) is 6.10 Å². The zero-order valence-electron chi connectivity index (χ0n) is 11.9. The third kappa shape index (κ3) is 3.85. The molecule has 0 bridgehead atoms. The van der Waals surface area contributed by atoms with Crippen LogP contribution in [0.15, 0.2) is 33.3 Å². The summed E-state index contributed by atoms with van der Waals surface area (Å²) in [6, 6.07) is 5.46. The average Bonchev–Trinajstić information content (AvgIpc) is 2.79. The van der Waals surface area contributed by atoms with Crippen molar-refractivity contribution in [3.63, 3.8) is 0 Å². The van der Waals surface area contributed by atoms with Crippen LogP contribution < -0.4 is 5.73 Å². The molecule has 0 aliphatic carbocycles. The van der Waals surface area contributed by atoms with Crippen molar-refractivity contribution in [2.24, 2.45) is 0 Å². The second-order valence-electron chi connectivity index (χ2n) is 5.08. The smallest absolute Gasteiger partial charge is 0.124 e. The molecule has 0 aliphatic rings. The summed E-state index contributed by atoms with van der Waals surface area (Å²) in [5, 5.41) is 15.0. The van der Waals surface area contributed by atoms with Gasteiger partial charge in [0.15, 0.2) is 0 Å². The molecule has 5 nitrogen and oxygen atoms in total. The van der Waals surface area contributed by atoms with E-state index < -0.39 is 6.10 Å². The lowest BCUT2D eigenvalue weighted by atomic mass is 10.0. The predicted octanol–water partition coefficient (Wildman–Crippen LogP) is 2.63. The van der Waals surface area contributed by atoms with Crippen molar-refractivity contribution in [3.05, 3.63) is 44.6 Å². The topological polar surface area (TPSA) is 67.3 Å². The molecule has 1 atom stereocenters. The molecule has 2 aromatic rings. The lowest BCUT2D eigenvalue weighted by Crippen LogP contribution is -2.21. The molecule has 0 saturated heterocycles. The fraction of sp³-hybridized carbons (Fsp3) is 0.357. The molecule has 0 fully saturated rings. The SMILES string of the molecule is CN(C)CCn1ncc(Br)c1C(O)c1cc(Br)ccc1N. The average molecular weight is 418 g/mol. The Balaban J connectivity index is 2.36. The largest absolute Gasteiger partial charge is 0.398 e. The molecule has 1 aromatic heterocycles. The number of nitrogen functional groups attached to an aromatic ring is 1. The fourth-order valence-electron chi connectivity index (χ4n) is 2.05. The molecule has 2 rings (SSSR count). The van der Waals surface area contributed by atoms with Gasteiger partial charge in [0.25, 0.3) is 0 Å². The molecule has 3 N–H and O–H groups in total. The van der Waals surface area contributed by atoms with Crippen molar-refractivity contribution < 1.29 is 5.11 Å². The number of halogens is 2. The first-order valence-electron chi connectivity index (χ1n) is 6.49. The molecule has 0 spiro atoms. The number of anilines is 1. The summed E-state index contributed by atoms with van der Waals surface area (Å²) in [5.41, 5.74) is 7.91. The lowest BCUT2D eigenvalue weighted by Gasteiger charge is -2.18. The minimum absolute atomic E-state index is 0.554. The van der Waals surface area contributed by atoms with E-state index in [4.69, 9.17) is 5.73 Å². The summed E-state index contributed by atoms with van der Waals surface area (Å²) in [7, 11) is 4.00. The first-order chi connectivity index (χ1) is 9.90. The van der Waals surface area contributed by atoms with E-state index in [1.165, 1.54) is 0 Å². The monoisotopic (exact) mass is 416 g/mol. The van der Waals surface area contributed by atoms with Gasteiger partial charge in [-0.05, 0) is 48.2 Å². The number of likely N-dealkylation sites (N-methyl/N-ethyl adjacent to an activating group) is 1. The van der Waals surface area contributed by atoms with Crippen LogP contribution in [0.2, 0.25) is 0 Å². The molecule has 7 heteroatoms. The van der Waals surface area contributed by atoms with Crippen molar-refractivity contribution in [1.82, 2.24) is 14.7 Å². The van der Waals surface area contributed by atoms with Crippen molar-refractivity contribution in [2.45, 2.75) is 12.6 Å². The first kappa shape index (κ1) is 16.5. The van der Waals surface area contributed by atoms with Crippen molar-refractivity contribution in [1.29, 1.82) is 0 Å². The second-order valence-corrected chi connectivity index (χ2v) is 6.85. The van der Waals surface area contributed by atoms with E-state index in [0.29, 0.717) is 23.5 Å². The van der Waals surface area contributed by atoms with Gasteiger partial charge in [0.2, 0.25) is 0 Å². The van der Waals surface area contributed by atoms with Gasteiger partial charge in [0.05, 0.1) is 22.9 Å². The number of rotatable bonds is 5. The Morgan fingerprint density at radius 2 is 2.10 bits per heavy atom. The number of hydrogen-bond acceptors (Lipinski definition) is 4. The normalized spacial score (nSPS) is 12.9. The molecule has 0 radical (unpaired) electrons. The minimum Gasteiger partial charge on any atom is -0.398 e. The van der Waals surface area contributed by atoms with Crippen LogP contribution in [-0.4, -0.2) is 40.4 Å². The summed E-state index contributed by atoms with van der Waals surface area (Å²) < 4.78 is 3.45. The summed E-state index contributed by atoms with van der Waals surface area (Å²) in [6.07, 6.45) is 0.865. The molecule has 1 heterocycles. The Morgan fingerprint density at radius 1 is 1.38 bits per heavy atom. The predicted molar refractivity (Wildman–Crippen MR) is 91.1 cm³/mol. The van der Waals surface area contributed by atoms with E-state index in [2.05, 4.69) is 41.9 Å². The fourth-order valence-corrected chi connectivity index (χ4v) is 2.94. The molecular formula is C14H18Br2N4O. The minimum atomic E-state index is -0.832. The third-order valence-corrected chi connectivity index (χ3v) is 4.30. The summed E-state index contributed by atoms with van der Waals surface area (Å²) in [5.74, 6) is 0. The first-order valence-corrected chi connectivity index (χ1v) is 8.07. The van der Waals surface area contributed by atoms with Gasteiger partial charge in [0, 0.05) is 22.3 Å². The number of aliphatic hydroxyl groups excluding tert-OH is 1. The van der Waals surface area contributed by atoms with E-state index in [-0.39, 0.29) is 0 Å².